The zero-order valence-electron chi connectivity index (χ0n) is 7.06. The molecule has 1 N–H and O–H groups in total. The summed E-state index contributed by atoms with van der Waals surface area (Å²) in [5, 5.41) is 9.21. The fourth-order valence-corrected chi connectivity index (χ4v) is 1.51. The van der Waals surface area contributed by atoms with Crippen LogP contribution in [0.2, 0.25) is 0 Å². The van der Waals surface area contributed by atoms with Crippen molar-refractivity contribution in [1.82, 2.24) is 0 Å². The number of ether oxygens (including phenoxy) is 1. The van der Waals surface area contributed by atoms with Gasteiger partial charge in [-0.15, -0.1) is 0 Å². The topological polar surface area (TPSA) is 46.5 Å². The first-order valence-electron chi connectivity index (χ1n) is 4.20. The molecule has 1 saturated heterocycles. The minimum atomic E-state index is -0.159. The van der Waals surface area contributed by atoms with E-state index in [1.165, 1.54) is 0 Å². The highest BCUT2D eigenvalue weighted by Gasteiger charge is 2.25. The standard InChI is InChI=1S/C10H10O3/c11-9-3-1-2-7(4-9)8-5-10(12)13-6-8/h1-4,8,11H,5-6H2. The third kappa shape index (κ3) is 1.64. The van der Waals surface area contributed by atoms with Crippen LogP contribution in [0, 0.1) is 0 Å². The Hall–Kier alpha value is -1.51. The Balaban J connectivity index is 2.21. The van der Waals surface area contributed by atoms with Crippen molar-refractivity contribution in [3.63, 3.8) is 0 Å². The fraction of sp³-hybridized carbons (Fsp3) is 0.300. The summed E-state index contributed by atoms with van der Waals surface area (Å²) in [6.45, 7) is 0.433. The molecule has 1 aromatic rings. The maximum Gasteiger partial charge on any atom is 0.306 e. The molecule has 1 atom stereocenters. The number of esters is 1. The summed E-state index contributed by atoms with van der Waals surface area (Å²) in [4.78, 5) is 10.8. The first kappa shape index (κ1) is 8.10. The number of carbonyl (C=O) groups is 1. The van der Waals surface area contributed by atoms with E-state index in [-0.39, 0.29) is 17.6 Å². The van der Waals surface area contributed by atoms with Gasteiger partial charge in [-0.1, -0.05) is 12.1 Å². The molecular formula is C10H10O3. The number of hydrogen-bond donors (Lipinski definition) is 1. The zero-order chi connectivity index (χ0) is 9.26. The maximum atomic E-state index is 10.8. The second-order valence-corrected chi connectivity index (χ2v) is 3.18. The lowest BCUT2D eigenvalue weighted by atomic mass is 9.98. The second-order valence-electron chi connectivity index (χ2n) is 3.18. The van der Waals surface area contributed by atoms with Crippen molar-refractivity contribution in [2.45, 2.75) is 12.3 Å². The number of cyclic esters (lactones) is 1. The lowest BCUT2D eigenvalue weighted by molar-refractivity contribution is -0.137. The Morgan fingerprint density at radius 1 is 1.46 bits per heavy atom. The molecule has 0 saturated carbocycles. The molecular weight excluding hydrogens is 168 g/mol. The molecule has 0 amide bonds. The molecule has 68 valence electrons. The Labute approximate surface area is 76.0 Å². The van der Waals surface area contributed by atoms with Gasteiger partial charge in [0.05, 0.1) is 13.0 Å². The molecule has 1 aliphatic rings. The average Bonchev–Trinajstić information content (AvgIpc) is 2.52. The molecule has 1 unspecified atom stereocenters. The molecule has 13 heavy (non-hydrogen) atoms. The maximum absolute atomic E-state index is 10.8. The van der Waals surface area contributed by atoms with Gasteiger partial charge < -0.3 is 9.84 Å². The highest BCUT2D eigenvalue weighted by atomic mass is 16.5. The molecule has 1 heterocycles. The van der Waals surface area contributed by atoms with Crippen LogP contribution in [0.25, 0.3) is 0 Å². The quantitative estimate of drug-likeness (QED) is 0.661. The molecule has 0 aromatic heterocycles. The molecule has 1 fully saturated rings. The van der Waals surface area contributed by atoms with Gasteiger partial charge in [-0.25, -0.2) is 0 Å². The molecule has 0 aliphatic carbocycles. The van der Waals surface area contributed by atoms with E-state index in [1.54, 1.807) is 18.2 Å². The predicted octanol–water partition coefficient (Wildman–Crippen LogP) is 1.42. The monoisotopic (exact) mass is 178 g/mol. The summed E-state index contributed by atoms with van der Waals surface area (Å²) in [5.41, 5.74) is 0.964. The highest BCUT2D eigenvalue weighted by molar-refractivity contribution is 5.72. The first-order chi connectivity index (χ1) is 6.25. The summed E-state index contributed by atoms with van der Waals surface area (Å²) < 4.78 is 4.84. The van der Waals surface area contributed by atoms with Crippen molar-refractivity contribution in [2.75, 3.05) is 6.61 Å². The third-order valence-corrected chi connectivity index (χ3v) is 2.20. The van der Waals surface area contributed by atoms with Crippen LogP contribution in [0.1, 0.15) is 17.9 Å². The predicted molar refractivity (Wildman–Crippen MR) is 46.4 cm³/mol. The van der Waals surface area contributed by atoms with Crippen molar-refractivity contribution in [3.8, 4) is 5.75 Å². The van der Waals surface area contributed by atoms with Gasteiger partial charge in [0.2, 0.25) is 0 Å². The normalized spacial score (nSPS) is 21.5. The van der Waals surface area contributed by atoms with E-state index in [4.69, 9.17) is 4.74 Å². The molecule has 1 aliphatic heterocycles. The van der Waals surface area contributed by atoms with Crippen LogP contribution in [-0.4, -0.2) is 17.7 Å². The molecule has 0 radical (unpaired) electrons. The van der Waals surface area contributed by atoms with E-state index in [9.17, 15) is 9.90 Å². The van der Waals surface area contributed by atoms with Gasteiger partial charge in [-0.2, -0.15) is 0 Å². The van der Waals surface area contributed by atoms with Crippen LogP contribution < -0.4 is 0 Å². The van der Waals surface area contributed by atoms with Crippen molar-refractivity contribution in [2.24, 2.45) is 0 Å². The van der Waals surface area contributed by atoms with Crippen molar-refractivity contribution < 1.29 is 14.6 Å². The fourth-order valence-electron chi connectivity index (χ4n) is 1.51. The van der Waals surface area contributed by atoms with Crippen LogP contribution in [0.4, 0.5) is 0 Å². The van der Waals surface area contributed by atoms with Crippen molar-refractivity contribution in [1.29, 1.82) is 0 Å². The van der Waals surface area contributed by atoms with Gasteiger partial charge in [0.1, 0.15) is 5.75 Å². The number of phenols is 1. The number of carbonyl (C=O) groups excluding carboxylic acids is 1. The van der Waals surface area contributed by atoms with Gasteiger partial charge in [-0.3, -0.25) is 4.79 Å². The van der Waals surface area contributed by atoms with E-state index in [2.05, 4.69) is 0 Å². The van der Waals surface area contributed by atoms with Gasteiger partial charge in [0.15, 0.2) is 0 Å². The third-order valence-electron chi connectivity index (χ3n) is 2.20. The van der Waals surface area contributed by atoms with Crippen LogP contribution >= 0.6 is 0 Å². The lowest BCUT2D eigenvalue weighted by Gasteiger charge is -2.05. The molecule has 3 heteroatoms. The molecule has 1 aromatic carbocycles. The first-order valence-corrected chi connectivity index (χ1v) is 4.20. The Kier molecular flexibility index (Phi) is 1.93. The minimum absolute atomic E-state index is 0.111. The number of aromatic hydroxyl groups is 1. The summed E-state index contributed by atoms with van der Waals surface area (Å²) in [6, 6.07) is 6.95. The van der Waals surface area contributed by atoms with Crippen LogP contribution in [-0.2, 0) is 9.53 Å². The number of rotatable bonds is 1. The van der Waals surface area contributed by atoms with Crippen LogP contribution in [0.15, 0.2) is 24.3 Å². The molecule has 0 bridgehead atoms. The molecule has 2 rings (SSSR count). The number of benzene rings is 1. The summed E-state index contributed by atoms with van der Waals surface area (Å²) in [7, 11) is 0. The number of phenolic OH excluding ortho intramolecular Hbond substituents is 1. The van der Waals surface area contributed by atoms with Crippen molar-refractivity contribution >= 4 is 5.97 Å². The van der Waals surface area contributed by atoms with E-state index >= 15 is 0 Å². The van der Waals surface area contributed by atoms with Crippen LogP contribution in [0.3, 0.4) is 0 Å². The highest BCUT2D eigenvalue weighted by Crippen LogP contribution is 2.27. The average molecular weight is 178 g/mol. The second kappa shape index (κ2) is 3.09. The number of hydrogen-bond acceptors (Lipinski definition) is 3. The zero-order valence-corrected chi connectivity index (χ0v) is 7.06. The largest absolute Gasteiger partial charge is 0.508 e. The summed E-state index contributed by atoms with van der Waals surface area (Å²) in [6.07, 6.45) is 0.420. The minimum Gasteiger partial charge on any atom is -0.508 e. The SMILES string of the molecule is O=C1CC(c2cccc(O)c2)CO1. The van der Waals surface area contributed by atoms with Gasteiger partial charge in [0.25, 0.3) is 0 Å². The lowest BCUT2D eigenvalue weighted by Crippen LogP contribution is -1.96. The smallest absolute Gasteiger partial charge is 0.306 e. The van der Waals surface area contributed by atoms with E-state index in [0.717, 1.165) is 5.56 Å². The summed E-state index contributed by atoms with van der Waals surface area (Å²) >= 11 is 0. The van der Waals surface area contributed by atoms with Crippen LogP contribution in [0.5, 0.6) is 5.75 Å². The van der Waals surface area contributed by atoms with Gasteiger partial charge >= 0.3 is 5.97 Å². The Bertz CT molecular complexity index is 333. The van der Waals surface area contributed by atoms with E-state index in [1.807, 2.05) is 6.07 Å². The van der Waals surface area contributed by atoms with E-state index in [0.29, 0.717) is 13.0 Å². The summed E-state index contributed by atoms with van der Waals surface area (Å²) in [5.74, 6) is 0.185. The Morgan fingerprint density at radius 3 is 2.92 bits per heavy atom. The Morgan fingerprint density at radius 2 is 2.31 bits per heavy atom. The molecule has 3 nitrogen and oxygen atoms in total. The molecule has 0 spiro atoms. The van der Waals surface area contributed by atoms with Gasteiger partial charge in [-0.05, 0) is 17.7 Å². The van der Waals surface area contributed by atoms with Gasteiger partial charge in [0, 0.05) is 5.92 Å². The van der Waals surface area contributed by atoms with E-state index < -0.39 is 0 Å². The van der Waals surface area contributed by atoms with Crippen molar-refractivity contribution in [3.05, 3.63) is 29.8 Å².